The van der Waals surface area contributed by atoms with E-state index >= 15 is 0 Å². The van der Waals surface area contributed by atoms with Gasteiger partial charge in [0.15, 0.2) is 6.61 Å². The van der Waals surface area contributed by atoms with Crippen molar-refractivity contribution in [3.05, 3.63) is 58.3 Å². The molecule has 3 rings (SSSR count). The van der Waals surface area contributed by atoms with Crippen molar-refractivity contribution in [3.63, 3.8) is 0 Å². The second kappa shape index (κ2) is 8.44. The molecule has 0 fully saturated rings. The minimum absolute atomic E-state index is 0.209. The predicted octanol–water partition coefficient (Wildman–Crippen LogP) is 3.83. The summed E-state index contributed by atoms with van der Waals surface area (Å²) in [5.41, 5.74) is 2.65. The van der Waals surface area contributed by atoms with Gasteiger partial charge < -0.3 is 9.26 Å². The summed E-state index contributed by atoms with van der Waals surface area (Å²) < 4.78 is 10.1. The fourth-order valence-electron chi connectivity index (χ4n) is 2.27. The number of rotatable bonds is 7. The molecule has 3 aromatic rings. The Balaban J connectivity index is 1.44. The summed E-state index contributed by atoms with van der Waals surface area (Å²) in [6, 6.07) is 13.3. The Labute approximate surface area is 154 Å². The zero-order valence-corrected chi connectivity index (χ0v) is 15.0. The standard InChI is InChI=1S/C19H18N2O4S/c1-13-4-6-14(7-5-13)16-11-18(25-21-16)20-17(22)12-24-19(23)9-8-15-3-2-10-26-15/h2-7,10-11H,8-9,12H2,1H3,(H,20,22). The lowest BCUT2D eigenvalue weighted by Crippen LogP contribution is -2.20. The number of anilines is 1. The molecule has 0 saturated heterocycles. The van der Waals surface area contributed by atoms with Crippen LogP contribution in [0.2, 0.25) is 0 Å². The van der Waals surface area contributed by atoms with Gasteiger partial charge in [0.05, 0.1) is 6.42 Å². The average Bonchev–Trinajstić information content (AvgIpc) is 3.31. The molecule has 0 atom stereocenters. The number of esters is 1. The maximum Gasteiger partial charge on any atom is 0.306 e. The van der Waals surface area contributed by atoms with Gasteiger partial charge >= 0.3 is 5.97 Å². The van der Waals surface area contributed by atoms with Crippen molar-refractivity contribution in [1.82, 2.24) is 5.16 Å². The number of ether oxygens (including phenoxy) is 1. The molecule has 0 aliphatic rings. The van der Waals surface area contributed by atoms with Gasteiger partial charge in [-0.1, -0.05) is 41.1 Å². The highest BCUT2D eigenvalue weighted by molar-refractivity contribution is 7.09. The highest BCUT2D eigenvalue weighted by atomic mass is 32.1. The molecule has 0 saturated carbocycles. The van der Waals surface area contributed by atoms with Gasteiger partial charge in [-0.05, 0) is 24.8 Å². The van der Waals surface area contributed by atoms with Crippen LogP contribution in [0.1, 0.15) is 16.9 Å². The van der Waals surface area contributed by atoms with Crippen molar-refractivity contribution in [2.45, 2.75) is 19.8 Å². The van der Waals surface area contributed by atoms with E-state index in [0.29, 0.717) is 12.1 Å². The monoisotopic (exact) mass is 370 g/mol. The highest BCUT2D eigenvalue weighted by Gasteiger charge is 2.12. The van der Waals surface area contributed by atoms with Crippen LogP contribution in [0.3, 0.4) is 0 Å². The molecule has 6 nitrogen and oxygen atoms in total. The maximum absolute atomic E-state index is 11.9. The summed E-state index contributed by atoms with van der Waals surface area (Å²) in [5, 5.41) is 8.41. The minimum Gasteiger partial charge on any atom is -0.456 e. The molecule has 1 aromatic carbocycles. The molecule has 0 aliphatic heterocycles. The molecule has 0 aliphatic carbocycles. The van der Waals surface area contributed by atoms with Gasteiger partial charge in [-0.15, -0.1) is 11.3 Å². The number of amides is 1. The first-order valence-corrected chi connectivity index (χ1v) is 9.00. The van der Waals surface area contributed by atoms with Crippen LogP contribution in [0.4, 0.5) is 5.88 Å². The van der Waals surface area contributed by atoms with E-state index in [1.54, 1.807) is 17.4 Å². The third-order valence-electron chi connectivity index (χ3n) is 3.64. The van der Waals surface area contributed by atoms with E-state index in [4.69, 9.17) is 9.26 Å². The zero-order valence-electron chi connectivity index (χ0n) is 14.2. The molecule has 1 N–H and O–H groups in total. The Morgan fingerprint density at radius 3 is 2.77 bits per heavy atom. The van der Waals surface area contributed by atoms with Crippen LogP contribution >= 0.6 is 11.3 Å². The normalized spacial score (nSPS) is 10.5. The number of nitrogens with zero attached hydrogens (tertiary/aromatic N) is 1. The summed E-state index contributed by atoms with van der Waals surface area (Å²) in [6.07, 6.45) is 0.855. The van der Waals surface area contributed by atoms with Crippen LogP contribution in [0.25, 0.3) is 11.3 Å². The molecule has 134 valence electrons. The average molecular weight is 370 g/mol. The first kappa shape index (κ1) is 17.9. The van der Waals surface area contributed by atoms with E-state index in [1.807, 2.05) is 48.7 Å². The molecule has 26 heavy (non-hydrogen) atoms. The minimum atomic E-state index is -0.471. The first-order chi connectivity index (χ1) is 12.6. The zero-order chi connectivity index (χ0) is 18.4. The summed E-state index contributed by atoms with van der Waals surface area (Å²) in [4.78, 5) is 24.7. The number of thiophene rings is 1. The Morgan fingerprint density at radius 2 is 2.04 bits per heavy atom. The largest absolute Gasteiger partial charge is 0.456 e. The van der Waals surface area contributed by atoms with E-state index in [0.717, 1.165) is 16.0 Å². The molecular weight excluding hydrogens is 352 g/mol. The SMILES string of the molecule is Cc1ccc(-c2cc(NC(=O)COC(=O)CCc3cccs3)on2)cc1. The van der Waals surface area contributed by atoms with E-state index in [1.165, 1.54) is 0 Å². The molecule has 1 amide bonds. The molecule has 0 bridgehead atoms. The molecule has 7 heteroatoms. The van der Waals surface area contributed by atoms with Crippen LogP contribution in [-0.2, 0) is 20.7 Å². The van der Waals surface area contributed by atoms with Crippen LogP contribution in [0.5, 0.6) is 0 Å². The fraction of sp³-hybridized carbons (Fsp3) is 0.211. The van der Waals surface area contributed by atoms with Crippen LogP contribution in [0, 0.1) is 6.92 Å². The van der Waals surface area contributed by atoms with Crippen molar-refractivity contribution < 1.29 is 18.8 Å². The first-order valence-electron chi connectivity index (χ1n) is 8.12. The molecule has 0 unspecified atom stereocenters. The smallest absolute Gasteiger partial charge is 0.306 e. The quantitative estimate of drug-likeness (QED) is 0.639. The maximum atomic E-state index is 11.9. The van der Waals surface area contributed by atoms with E-state index in [2.05, 4.69) is 10.5 Å². The highest BCUT2D eigenvalue weighted by Crippen LogP contribution is 2.22. The number of nitrogens with one attached hydrogen (secondary N) is 1. The number of hydrogen-bond acceptors (Lipinski definition) is 6. The van der Waals surface area contributed by atoms with Crippen molar-refractivity contribution >= 4 is 29.1 Å². The van der Waals surface area contributed by atoms with Gasteiger partial charge in [0.2, 0.25) is 5.88 Å². The Morgan fingerprint density at radius 1 is 1.23 bits per heavy atom. The number of benzene rings is 1. The van der Waals surface area contributed by atoms with Gasteiger partial charge in [-0.2, -0.15) is 0 Å². The van der Waals surface area contributed by atoms with Crippen LogP contribution < -0.4 is 5.32 Å². The molecular formula is C19H18N2O4S. The summed E-state index contributed by atoms with van der Waals surface area (Å²) >= 11 is 1.59. The Kier molecular flexibility index (Phi) is 5.80. The topological polar surface area (TPSA) is 81.4 Å². The van der Waals surface area contributed by atoms with Gasteiger partial charge in [0, 0.05) is 16.5 Å². The molecule has 0 radical (unpaired) electrons. The Bertz CT molecular complexity index is 869. The van der Waals surface area contributed by atoms with Crippen molar-refractivity contribution in [3.8, 4) is 11.3 Å². The van der Waals surface area contributed by atoms with Gasteiger partial charge in [-0.3, -0.25) is 14.9 Å². The number of aryl methyl sites for hydroxylation is 2. The lowest BCUT2D eigenvalue weighted by atomic mass is 10.1. The predicted molar refractivity (Wildman–Crippen MR) is 98.9 cm³/mol. The summed E-state index contributed by atoms with van der Waals surface area (Å²) in [5.74, 6) is -0.673. The van der Waals surface area contributed by atoms with E-state index < -0.39 is 11.9 Å². The summed E-state index contributed by atoms with van der Waals surface area (Å²) in [6.45, 7) is 1.64. The van der Waals surface area contributed by atoms with E-state index in [-0.39, 0.29) is 18.9 Å². The second-order valence-electron chi connectivity index (χ2n) is 5.73. The van der Waals surface area contributed by atoms with Crippen molar-refractivity contribution in [2.24, 2.45) is 0 Å². The van der Waals surface area contributed by atoms with Gasteiger partial charge in [0.1, 0.15) is 5.69 Å². The lowest BCUT2D eigenvalue weighted by molar-refractivity contribution is -0.147. The van der Waals surface area contributed by atoms with Gasteiger partial charge in [0.25, 0.3) is 5.91 Å². The van der Waals surface area contributed by atoms with Crippen molar-refractivity contribution in [2.75, 3.05) is 11.9 Å². The third kappa shape index (κ3) is 5.03. The molecule has 2 heterocycles. The van der Waals surface area contributed by atoms with Crippen LogP contribution in [-0.4, -0.2) is 23.6 Å². The van der Waals surface area contributed by atoms with Gasteiger partial charge in [-0.25, -0.2) is 0 Å². The number of carbonyl (C=O) groups excluding carboxylic acids is 2. The summed E-state index contributed by atoms with van der Waals surface area (Å²) in [7, 11) is 0. The lowest BCUT2D eigenvalue weighted by Gasteiger charge is -2.03. The second-order valence-corrected chi connectivity index (χ2v) is 6.76. The molecule has 2 aromatic heterocycles. The third-order valence-corrected chi connectivity index (χ3v) is 4.58. The van der Waals surface area contributed by atoms with Crippen LogP contribution in [0.15, 0.2) is 52.4 Å². The van der Waals surface area contributed by atoms with E-state index in [9.17, 15) is 9.59 Å². The number of carbonyl (C=O) groups is 2. The molecule has 0 spiro atoms. The van der Waals surface area contributed by atoms with Crippen molar-refractivity contribution in [1.29, 1.82) is 0 Å². The number of aromatic nitrogens is 1. The fourth-order valence-corrected chi connectivity index (χ4v) is 2.98. The number of hydrogen-bond donors (Lipinski definition) is 1. The Hall–Kier alpha value is -2.93.